The number of hydrogen-bond acceptors (Lipinski definition) is 1. The Balaban J connectivity index is 2.73. The van der Waals surface area contributed by atoms with Crippen molar-refractivity contribution in [1.29, 1.82) is 0 Å². The van der Waals surface area contributed by atoms with Crippen molar-refractivity contribution >= 4 is 11.6 Å². The molecule has 182 valence electrons. The van der Waals surface area contributed by atoms with Gasteiger partial charge in [-0.15, -0.1) is 0 Å². The molecule has 0 heterocycles. The summed E-state index contributed by atoms with van der Waals surface area (Å²) in [6, 6.07) is 15.1. The van der Waals surface area contributed by atoms with Crippen LogP contribution in [0.5, 0.6) is 0 Å². The van der Waals surface area contributed by atoms with Crippen LogP contribution in [0.3, 0.4) is 0 Å². The van der Waals surface area contributed by atoms with Gasteiger partial charge in [0, 0.05) is 12.5 Å². The molecule has 1 amide bonds. The standard InChI is InChI=1S/C31H47NO/c1-12-18-32(28(33)22(2)19-23-16-14-13-15-17-23)27-25(30(6,7)8)20-24(29(3,4)5)21-26(27)31(9,10)11/h13-17,20-22H,12,18-19H2,1-11H3. The van der Waals surface area contributed by atoms with E-state index < -0.39 is 0 Å². The van der Waals surface area contributed by atoms with E-state index in [2.05, 4.69) is 117 Å². The second kappa shape index (κ2) is 10.0. The fourth-order valence-corrected chi connectivity index (χ4v) is 4.38. The molecule has 0 saturated heterocycles. The Morgan fingerprint density at radius 1 is 0.818 bits per heavy atom. The van der Waals surface area contributed by atoms with Crippen LogP contribution < -0.4 is 4.90 Å². The van der Waals surface area contributed by atoms with E-state index in [9.17, 15) is 4.79 Å². The van der Waals surface area contributed by atoms with Gasteiger partial charge in [-0.2, -0.15) is 0 Å². The Bertz CT molecular complexity index is 901. The summed E-state index contributed by atoms with van der Waals surface area (Å²) in [5.74, 6) is 0.141. The van der Waals surface area contributed by atoms with Crippen molar-refractivity contribution in [2.24, 2.45) is 5.92 Å². The van der Waals surface area contributed by atoms with E-state index in [1.807, 2.05) is 6.07 Å². The molecule has 1 unspecified atom stereocenters. The summed E-state index contributed by atoms with van der Waals surface area (Å²) in [5, 5.41) is 0. The molecule has 0 N–H and O–H groups in total. The van der Waals surface area contributed by atoms with Crippen LogP contribution in [0.25, 0.3) is 0 Å². The third kappa shape index (κ3) is 6.71. The van der Waals surface area contributed by atoms with Crippen LogP contribution >= 0.6 is 0 Å². The van der Waals surface area contributed by atoms with Gasteiger partial charge in [0.15, 0.2) is 0 Å². The molecule has 0 radical (unpaired) electrons. The maximum Gasteiger partial charge on any atom is 0.230 e. The minimum absolute atomic E-state index is 0.0404. The summed E-state index contributed by atoms with van der Waals surface area (Å²) in [4.78, 5) is 16.1. The molecule has 0 aliphatic carbocycles. The van der Waals surface area contributed by atoms with Crippen LogP contribution in [-0.2, 0) is 27.5 Å². The third-order valence-corrected chi connectivity index (χ3v) is 6.38. The molecular weight excluding hydrogens is 402 g/mol. The molecule has 2 rings (SSSR count). The van der Waals surface area contributed by atoms with Crippen LogP contribution in [0.4, 0.5) is 5.69 Å². The van der Waals surface area contributed by atoms with Gasteiger partial charge in [0.05, 0.1) is 5.69 Å². The molecule has 0 aliphatic rings. The summed E-state index contributed by atoms with van der Waals surface area (Å²) >= 11 is 0. The van der Waals surface area contributed by atoms with Gasteiger partial charge in [-0.3, -0.25) is 4.79 Å². The number of benzene rings is 2. The molecule has 2 heteroatoms. The molecule has 2 nitrogen and oxygen atoms in total. The van der Waals surface area contributed by atoms with E-state index in [1.54, 1.807) is 0 Å². The van der Waals surface area contributed by atoms with Crippen LogP contribution in [0, 0.1) is 5.92 Å². The summed E-state index contributed by atoms with van der Waals surface area (Å²) in [6.45, 7) is 25.4. The predicted octanol–water partition coefficient (Wildman–Crippen LogP) is 8.20. The minimum atomic E-state index is -0.0816. The fourth-order valence-electron chi connectivity index (χ4n) is 4.38. The highest BCUT2D eigenvalue weighted by Gasteiger charge is 2.34. The first-order chi connectivity index (χ1) is 15.1. The normalized spacial score (nSPS) is 13.7. The molecule has 33 heavy (non-hydrogen) atoms. The van der Waals surface area contributed by atoms with Crippen LogP contribution in [-0.4, -0.2) is 12.5 Å². The molecule has 0 bridgehead atoms. The molecule has 2 aromatic rings. The van der Waals surface area contributed by atoms with E-state index in [1.165, 1.54) is 22.3 Å². The van der Waals surface area contributed by atoms with Gasteiger partial charge < -0.3 is 4.90 Å². The van der Waals surface area contributed by atoms with Crippen LogP contribution in [0.2, 0.25) is 0 Å². The summed E-state index contributed by atoms with van der Waals surface area (Å²) in [6.07, 6.45) is 1.69. The number of anilines is 1. The van der Waals surface area contributed by atoms with Gasteiger partial charge in [-0.05, 0) is 51.3 Å². The molecule has 0 fully saturated rings. The number of carbonyl (C=O) groups excluding carboxylic acids is 1. The summed E-state index contributed by atoms with van der Waals surface area (Å²) in [5.41, 5.74) is 6.11. The van der Waals surface area contributed by atoms with Gasteiger partial charge >= 0.3 is 0 Å². The summed E-state index contributed by atoms with van der Waals surface area (Å²) in [7, 11) is 0. The first kappa shape index (κ1) is 27.2. The Morgan fingerprint density at radius 3 is 1.70 bits per heavy atom. The number of hydrogen-bond donors (Lipinski definition) is 0. The highest BCUT2D eigenvalue weighted by atomic mass is 16.2. The lowest BCUT2D eigenvalue weighted by molar-refractivity contribution is -0.121. The van der Waals surface area contributed by atoms with Gasteiger partial charge in [-0.1, -0.05) is 119 Å². The van der Waals surface area contributed by atoms with Crippen molar-refractivity contribution in [3.8, 4) is 0 Å². The zero-order valence-corrected chi connectivity index (χ0v) is 23.1. The van der Waals surface area contributed by atoms with Gasteiger partial charge in [-0.25, -0.2) is 0 Å². The fraction of sp³-hybridized carbons (Fsp3) is 0.581. The SMILES string of the molecule is CCCN(C(=O)C(C)Cc1ccccc1)c1c(C(C)(C)C)cc(C(C)(C)C)cc1C(C)(C)C. The average Bonchev–Trinajstić information content (AvgIpc) is 2.69. The van der Waals surface area contributed by atoms with Crippen molar-refractivity contribution < 1.29 is 4.79 Å². The molecule has 2 aromatic carbocycles. The number of nitrogens with zero attached hydrogens (tertiary/aromatic N) is 1. The second-order valence-electron chi connectivity index (χ2n) is 12.8. The lowest BCUT2D eigenvalue weighted by Gasteiger charge is -2.38. The van der Waals surface area contributed by atoms with Crippen molar-refractivity contribution in [3.05, 3.63) is 64.7 Å². The van der Waals surface area contributed by atoms with Crippen molar-refractivity contribution in [2.75, 3.05) is 11.4 Å². The van der Waals surface area contributed by atoms with Gasteiger partial charge in [0.25, 0.3) is 0 Å². The highest BCUT2D eigenvalue weighted by molar-refractivity contribution is 5.97. The van der Waals surface area contributed by atoms with E-state index in [-0.39, 0.29) is 28.1 Å². The molecule has 0 saturated carbocycles. The van der Waals surface area contributed by atoms with E-state index in [0.717, 1.165) is 25.1 Å². The maximum atomic E-state index is 14.0. The maximum absolute atomic E-state index is 14.0. The summed E-state index contributed by atoms with van der Waals surface area (Å²) < 4.78 is 0. The molecule has 0 aliphatic heterocycles. The predicted molar refractivity (Wildman–Crippen MR) is 144 cm³/mol. The van der Waals surface area contributed by atoms with Crippen molar-refractivity contribution in [3.63, 3.8) is 0 Å². The number of rotatable bonds is 6. The third-order valence-electron chi connectivity index (χ3n) is 6.38. The topological polar surface area (TPSA) is 20.3 Å². The molecule has 1 atom stereocenters. The Kier molecular flexibility index (Phi) is 8.26. The lowest BCUT2D eigenvalue weighted by Crippen LogP contribution is -2.40. The molecule has 0 spiro atoms. The first-order valence-electron chi connectivity index (χ1n) is 12.6. The van der Waals surface area contributed by atoms with E-state index in [0.29, 0.717) is 0 Å². The largest absolute Gasteiger partial charge is 0.312 e. The second-order valence-corrected chi connectivity index (χ2v) is 12.8. The van der Waals surface area contributed by atoms with Gasteiger partial charge in [0.2, 0.25) is 5.91 Å². The number of carbonyl (C=O) groups is 1. The Morgan fingerprint density at radius 2 is 1.30 bits per heavy atom. The highest BCUT2D eigenvalue weighted by Crippen LogP contribution is 2.43. The lowest BCUT2D eigenvalue weighted by atomic mass is 9.73. The average molecular weight is 450 g/mol. The van der Waals surface area contributed by atoms with Crippen molar-refractivity contribution in [1.82, 2.24) is 0 Å². The molecule has 0 aromatic heterocycles. The van der Waals surface area contributed by atoms with E-state index in [4.69, 9.17) is 0 Å². The van der Waals surface area contributed by atoms with Crippen LogP contribution in [0.15, 0.2) is 42.5 Å². The smallest absolute Gasteiger partial charge is 0.230 e. The number of amides is 1. The van der Waals surface area contributed by atoms with Gasteiger partial charge in [0.1, 0.15) is 0 Å². The zero-order chi connectivity index (χ0) is 25.2. The first-order valence-corrected chi connectivity index (χ1v) is 12.6. The minimum Gasteiger partial charge on any atom is -0.312 e. The Labute approximate surface area is 203 Å². The van der Waals surface area contributed by atoms with Crippen molar-refractivity contribution in [2.45, 2.75) is 105 Å². The van der Waals surface area contributed by atoms with Crippen LogP contribution in [0.1, 0.15) is 105 Å². The quantitative estimate of drug-likeness (QED) is 0.435. The molecular formula is C31H47NO. The zero-order valence-electron chi connectivity index (χ0n) is 23.1. The monoisotopic (exact) mass is 449 g/mol. The Hall–Kier alpha value is -2.09. The van der Waals surface area contributed by atoms with E-state index >= 15 is 0 Å².